The van der Waals surface area contributed by atoms with Crippen LogP contribution in [0, 0.1) is 6.92 Å². The second-order valence-electron chi connectivity index (χ2n) is 9.56. The van der Waals surface area contributed by atoms with Crippen molar-refractivity contribution in [2.75, 3.05) is 0 Å². The Bertz CT molecular complexity index is 1530. The fourth-order valence-corrected chi connectivity index (χ4v) is 5.23. The maximum atomic E-state index is 5.19. The number of aryl methyl sites for hydroxylation is 1. The SMILES string of the molecule is Cc1ccccc1-c1ncc(-c2ccccc2)nc1-c1ccc2c(c1)C(C)(C)c1ccccc1-2. The maximum absolute atomic E-state index is 5.19. The molecule has 0 amide bonds. The highest BCUT2D eigenvalue weighted by Crippen LogP contribution is 2.49. The summed E-state index contributed by atoms with van der Waals surface area (Å²) < 4.78 is 0. The lowest BCUT2D eigenvalue weighted by atomic mass is 9.81. The van der Waals surface area contributed by atoms with Gasteiger partial charge in [-0.2, -0.15) is 0 Å². The van der Waals surface area contributed by atoms with E-state index in [0.29, 0.717) is 0 Å². The zero-order chi connectivity index (χ0) is 23.3. The third-order valence-electron chi connectivity index (χ3n) is 7.10. The Morgan fingerprint density at radius 2 is 1.26 bits per heavy atom. The minimum atomic E-state index is -0.0603. The monoisotopic (exact) mass is 438 g/mol. The maximum Gasteiger partial charge on any atom is 0.0972 e. The van der Waals surface area contributed by atoms with Gasteiger partial charge in [-0.05, 0) is 40.8 Å². The molecular weight excluding hydrogens is 412 g/mol. The Balaban J connectivity index is 1.58. The summed E-state index contributed by atoms with van der Waals surface area (Å²) in [5.74, 6) is 0. The van der Waals surface area contributed by atoms with Crippen LogP contribution in [0.4, 0.5) is 0 Å². The van der Waals surface area contributed by atoms with Gasteiger partial charge in [-0.25, -0.2) is 4.98 Å². The van der Waals surface area contributed by atoms with Gasteiger partial charge < -0.3 is 0 Å². The number of rotatable bonds is 3. The smallest absolute Gasteiger partial charge is 0.0972 e. The summed E-state index contributed by atoms with van der Waals surface area (Å²) in [4.78, 5) is 10.2. The van der Waals surface area contributed by atoms with Crippen LogP contribution < -0.4 is 0 Å². The van der Waals surface area contributed by atoms with Crippen molar-refractivity contribution in [3.8, 4) is 44.9 Å². The molecule has 5 aromatic rings. The predicted molar refractivity (Wildman–Crippen MR) is 141 cm³/mol. The van der Waals surface area contributed by atoms with E-state index in [1.54, 1.807) is 0 Å². The fraction of sp³-hybridized carbons (Fsp3) is 0.125. The number of fused-ring (bicyclic) bond motifs is 3. The topological polar surface area (TPSA) is 25.8 Å². The average molecular weight is 439 g/mol. The van der Waals surface area contributed by atoms with Crippen LogP contribution in [-0.4, -0.2) is 9.97 Å². The summed E-state index contributed by atoms with van der Waals surface area (Å²) in [5.41, 5.74) is 12.5. The van der Waals surface area contributed by atoms with Crippen molar-refractivity contribution in [2.24, 2.45) is 0 Å². The van der Waals surface area contributed by atoms with Crippen LogP contribution in [-0.2, 0) is 5.41 Å². The van der Waals surface area contributed by atoms with Gasteiger partial charge in [0.2, 0.25) is 0 Å². The van der Waals surface area contributed by atoms with Gasteiger partial charge in [-0.1, -0.05) is 105 Å². The molecule has 4 aromatic carbocycles. The van der Waals surface area contributed by atoms with Gasteiger partial charge in [0.15, 0.2) is 0 Å². The predicted octanol–water partition coefficient (Wildman–Crippen LogP) is 8.09. The minimum absolute atomic E-state index is 0.0603. The minimum Gasteiger partial charge on any atom is -0.252 e. The third-order valence-corrected chi connectivity index (χ3v) is 7.10. The lowest BCUT2D eigenvalue weighted by Crippen LogP contribution is -2.15. The Labute approximate surface area is 201 Å². The van der Waals surface area contributed by atoms with Crippen LogP contribution in [0.5, 0.6) is 0 Å². The molecule has 0 saturated heterocycles. The number of benzene rings is 4. The summed E-state index contributed by atoms with van der Waals surface area (Å²) >= 11 is 0. The second-order valence-corrected chi connectivity index (χ2v) is 9.56. The molecule has 164 valence electrons. The van der Waals surface area contributed by atoms with Crippen molar-refractivity contribution < 1.29 is 0 Å². The standard InChI is InChI=1S/C32H26N2/c1-21-11-7-8-14-24(21)31-30(34-29(20-33-31)22-12-5-4-6-13-22)23-17-18-26-25-15-9-10-16-27(25)32(2,3)28(26)19-23/h4-20H,1-3H3. The fourth-order valence-electron chi connectivity index (χ4n) is 5.23. The van der Waals surface area contributed by atoms with E-state index < -0.39 is 0 Å². The van der Waals surface area contributed by atoms with E-state index in [9.17, 15) is 0 Å². The van der Waals surface area contributed by atoms with Crippen molar-refractivity contribution in [3.05, 3.63) is 120 Å². The van der Waals surface area contributed by atoms with Gasteiger partial charge in [0, 0.05) is 22.1 Å². The van der Waals surface area contributed by atoms with Crippen molar-refractivity contribution in [2.45, 2.75) is 26.2 Å². The summed E-state index contributed by atoms with van der Waals surface area (Å²) in [6.07, 6.45) is 1.90. The van der Waals surface area contributed by atoms with E-state index in [-0.39, 0.29) is 5.41 Å². The Morgan fingerprint density at radius 3 is 2.06 bits per heavy atom. The summed E-state index contributed by atoms with van der Waals surface area (Å²) in [6, 6.07) is 34.2. The molecule has 34 heavy (non-hydrogen) atoms. The molecule has 1 aliphatic carbocycles. The molecule has 1 heterocycles. The number of nitrogens with zero attached hydrogens (tertiary/aromatic N) is 2. The van der Waals surface area contributed by atoms with Crippen molar-refractivity contribution in [1.29, 1.82) is 0 Å². The Kier molecular flexibility index (Phi) is 4.70. The zero-order valence-corrected chi connectivity index (χ0v) is 19.7. The van der Waals surface area contributed by atoms with Crippen LogP contribution in [0.25, 0.3) is 44.9 Å². The molecule has 6 rings (SSSR count). The first-order valence-corrected chi connectivity index (χ1v) is 11.8. The summed E-state index contributed by atoms with van der Waals surface area (Å²) in [7, 11) is 0. The number of aromatic nitrogens is 2. The molecule has 0 atom stereocenters. The van der Waals surface area contributed by atoms with Crippen LogP contribution in [0.15, 0.2) is 103 Å². The van der Waals surface area contributed by atoms with Crippen LogP contribution in [0.1, 0.15) is 30.5 Å². The first-order chi connectivity index (χ1) is 16.5. The highest BCUT2D eigenvalue weighted by atomic mass is 14.8. The van der Waals surface area contributed by atoms with Gasteiger partial charge in [0.1, 0.15) is 0 Å². The molecule has 0 spiro atoms. The molecule has 1 aliphatic rings. The quantitative estimate of drug-likeness (QED) is 0.284. The molecule has 0 fully saturated rings. The summed E-state index contributed by atoms with van der Waals surface area (Å²) in [6.45, 7) is 6.76. The highest BCUT2D eigenvalue weighted by Gasteiger charge is 2.35. The van der Waals surface area contributed by atoms with E-state index in [1.165, 1.54) is 27.8 Å². The molecular formula is C32H26N2. The highest BCUT2D eigenvalue weighted by molar-refractivity contribution is 5.86. The molecule has 0 saturated carbocycles. The lowest BCUT2D eigenvalue weighted by Gasteiger charge is -2.22. The molecule has 0 radical (unpaired) electrons. The Hall–Kier alpha value is -4.04. The molecule has 2 nitrogen and oxygen atoms in total. The molecule has 0 unspecified atom stereocenters. The molecule has 1 aromatic heterocycles. The Morgan fingerprint density at radius 1 is 0.588 bits per heavy atom. The molecule has 0 N–H and O–H groups in total. The third kappa shape index (κ3) is 3.18. The van der Waals surface area contributed by atoms with E-state index in [1.807, 2.05) is 24.4 Å². The molecule has 0 bridgehead atoms. The van der Waals surface area contributed by atoms with E-state index in [4.69, 9.17) is 9.97 Å². The largest absolute Gasteiger partial charge is 0.252 e. The van der Waals surface area contributed by atoms with Gasteiger partial charge in [0.05, 0.1) is 23.3 Å². The molecule has 0 aliphatic heterocycles. The normalized spacial score (nSPS) is 13.4. The first kappa shape index (κ1) is 20.6. The second kappa shape index (κ2) is 7.78. The summed E-state index contributed by atoms with van der Waals surface area (Å²) in [5, 5.41) is 0. The van der Waals surface area contributed by atoms with Crippen LogP contribution >= 0.6 is 0 Å². The van der Waals surface area contributed by atoms with Crippen molar-refractivity contribution in [3.63, 3.8) is 0 Å². The van der Waals surface area contributed by atoms with Crippen molar-refractivity contribution >= 4 is 0 Å². The van der Waals surface area contributed by atoms with Gasteiger partial charge in [-0.3, -0.25) is 4.98 Å². The zero-order valence-electron chi connectivity index (χ0n) is 19.7. The lowest BCUT2D eigenvalue weighted by molar-refractivity contribution is 0.660. The number of hydrogen-bond acceptors (Lipinski definition) is 2. The number of hydrogen-bond donors (Lipinski definition) is 0. The molecule has 2 heteroatoms. The average Bonchev–Trinajstić information content (AvgIpc) is 3.11. The van der Waals surface area contributed by atoms with Crippen molar-refractivity contribution in [1.82, 2.24) is 9.97 Å². The van der Waals surface area contributed by atoms with E-state index >= 15 is 0 Å². The first-order valence-electron chi connectivity index (χ1n) is 11.8. The van der Waals surface area contributed by atoms with Crippen LogP contribution in [0.3, 0.4) is 0 Å². The van der Waals surface area contributed by atoms with Gasteiger partial charge in [0.25, 0.3) is 0 Å². The van der Waals surface area contributed by atoms with Crippen LogP contribution in [0.2, 0.25) is 0 Å². The van der Waals surface area contributed by atoms with E-state index in [2.05, 4.69) is 99.6 Å². The van der Waals surface area contributed by atoms with Gasteiger partial charge >= 0.3 is 0 Å². The van der Waals surface area contributed by atoms with Gasteiger partial charge in [-0.15, -0.1) is 0 Å². The van der Waals surface area contributed by atoms with E-state index in [0.717, 1.165) is 33.8 Å².